The zero-order valence-corrected chi connectivity index (χ0v) is 12.5. The molecule has 1 saturated carbocycles. The van der Waals surface area contributed by atoms with Gasteiger partial charge in [0.15, 0.2) is 0 Å². The third kappa shape index (κ3) is 4.01. The van der Waals surface area contributed by atoms with Gasteiger partial charge in [0.1, 0.15) is 5.82 Å². The number of hydrogen-bond donors (Lipinski definition) is 1. The lowest BCUT2D eigenvalue weighted by Crippen LogP contribution is -2.38. The number of benzene rings is 1. The Bertz CT molecular complexity index is 592. The number of carbonyl (C=O) groups is 1. The number of sulfonamides is 1. The van der Waals surface area contributed by atoms with E-state index in [-0.39, 0.29) is 22.8 Å². The van der Waals surface area contributed by atoms with Gasteiger partial charge in [-0.1, -0.05) is 0 Å². The van der Waals surface area contributed by atoms with E-state index >= 15 is 0 Å². The third-order valence-corrected chi connectivity index (χ3v) is 5.24. The van der Waals surface area contributed by atoms with Gasteiger partial charge >= 0.3 is 5.97 Å². The van der Waals surface area contributed by atoms with E-state index in [2.05, 4.69) is 4.72 Å². The molecule has 0 unspecified atom stereocenters. The lowest BCUT2D eigenvalue weighted by Gasteiger charge is -2.27. The molecule has 2 rings (SSSR count). The van der Waals surface area contributed by atoms with E-state index in [9.17, 15) is 17.6 Å². The van der Waals surface area contributed by atoms with Crippen molar-refractivity contribution in [2.75, 3.05) is 7.11 Å². The Morgan fingerprint density at radius 1 is 1.19 bits per heavy atom. The quantitative estimate of drug-likeness (QED) is 0.861. The molecule has 1 aliphatic rings. The van der Waals surface area contributed by atoms with Crippen LogP contribution >= 0.6 is 0 Å². The van der Waals surface area contributed by atoms with Crippen molar-refractivity contribution in [3.63, 3.8) is 0 Å². The summed E-state index contributed by atoms with van der Waals surface area (Å²) in [6.45, 7) is 0. The van der Waals surface area contributed by atoms with Crippen LogP contribution in [0.25, 0.3) is 0 Å². The van der Waals surface area contributed by atoms with Crippen molar-refractivity contribution in [3.8, 4) is 0 Å². The summed E-state index contributed by atoms with van der Waals surface area (Å²) in [5.74, 6) is -0.871. The molecule has 1 aromatic carbocycles. The van der Waals surface area contributed by atoms with Gasteiger partial charge in [0.2, 0.25) is 10.0 Å². The summed E-state index contributed by atoms with van der Waals surface area (Å²) < 4.78 is 44.4. The SMILES string of the molecule is COC(=O)C1CCC(NS(=O)(=O)c2ccc(F)cc2)CC1. The monoisotopic (exact) mass is 315 g/mol. The Hall–Kier alpha value is -1.47. The fraction of sp³-hybridized carbons (Fsp3) is 0.500. The van der Waals surface area contributed by atoms with Crippen molar-refractivity contribution in [1.29, 1.82) is 0 Å². The summed E-state index contributed by atoms with van der Waals surface area (Å²) in [4.78, 5) is 11.5. The molecule has 1 aromatic rings. The van der Waals surface area contributed by atoms with E-state index in [0.717, 1.165) is 12.1 Å². The lowest BCUT2D eigenvalue weighted by molar-refractivity contribution is -0.146. The minimum Gasteiger partial charge on any atom is -0.469 e. The Morgan fingerprint density at radius 2 is 1.76 bits per heavy atom. The molecule has 0 atom stereocenters. The summed E-state index contributed by atoms with van der Waals surface area (Å²) in [5.41, 5.74) is 0. The van der Waals surface area contributed by atoms with Crippen LogP contribution in [0.3, 0.4) is 0 Å². The molecule has 0 spiro atoms. The highest BCUT2D eigenvalue weighted by Gasteiger charge is 2.29. The molecule has 1 N–H and O–H groups in total. The van der Waals surface area contributed by atoms with Gasteiger partial charge in [-0.25, -0.2) is 17.5 Å². The zero-order valence-electron chi connectivity index (χ0n) is 11.7. The molecule has 0 radical (unpaired) electrons. The number of ether oxygens (including phenoxy) is 1. The van der Waals surface area contributed by atoms with Crippen molar-refractivity contribution >= 4 is 16.0 Å². The summed E-state index contributed by atoms with van der Waals surface area (Å²) in [5, 5.41) is 0. The molecule has 0 aromatic heterocycles. The summed E-state index contributed by atoms with van der Waals surface area (Å²) in [6.07, 6.45) is 2.37. The van der Waals surface area contributed by atoms with Crippen LogP contribution < -0.4 is 4.72 Å². The first-order valence-corrected chi connectivity index (χ1v) is 8.26. The summed E-state index contributed by atoms with van der Waals surface area (Å²) in [6, 6.07) is 4.49. The van der Waals surface area contributed by atoms with Crippen molar-refractivity contribution in [3.05, 3.63) is 30.1 Å². The number of hydrogen-bond acceptors (Lipinski definition) is 4. The van der Waals surface area contributed by atoms with Crippen LogP contribution in [0, 0.1) is 11.7 Å². The molecule has 116 valence electrons. The first-order chi connectivity index (χ1) is 9.92. The van der Waals surface area contributed by atoms with Crippen LogP contribution in [0.1, 0.15) is 25.7 Å². The van der Waals surface area contributed by atoms with Crippen molar-refractivity contribution in [2.45, 2.75) is 36.6 Å². The fourth-order valence-electron chi connectivity index (χ4n) is 2.51. The highest BCUT2D eigenvalue weighted by Crippen LogP contribution is 2.26. The number of rotatable bonds is 4. The third-order valence-electron chi connectivity index (χ3n) is 3.71. The zero-order chi connectivity index (χ0) is 15.5. The second-order valence-corrected chi connectivity index (χ2v) is 6.86. The maximum Gasteiger partial charge on any atom is 0.308 e. The second kappa shape index (κ2) is 6.53. The number of halogens is 1. The Balaban J connectivity index is 1.96. The van der Waals surface area contributed by atoms with Crippen molar-refractivity contribution in [2.24, 2.45) is 5.92 Å². The van der Waals surface area contributed by atoms with E-state index in [1.165, 1.54) is 19.2 Å². The van der Waals surface area contributed by atoms with Gasteiger partial charge in [-0.3, -0.25) is 4.79 Å². The largest absolute Gasteiger partial charge is 0.469 e. The Morgan fingerprint density at radius 3 is 2.29 bits per heavy atom. The average molecular weight is 315 g/mol. The minimum atomic E-state index is -3.65. The molecule has 21 heavy (non-hydrogen) atoms. The first-order valence-electron chi connectivity index (χ1n) is 6.78. The molecule has 0 amide bonds. The van der Waals surface area contributed by atoms with Crippen LogP contribution in [-0.4, -0.2) is 27.5 Å². The maximum absolute atomic E-state index is 12.8. The molecular formula is C14H18FNO4S. The average Bonchev–Trinajstić information content (AvgIpc) is 2.47. The van der Waals surface area contributed by atoms with Gasteiger partial charge in [-0.2, -0.15) is 0 Å². The van der Waals surface area contributed by atoms with Crippen LogP contribution in [0.15, 0.2) is 29.2 Å². The van der Waals surface area contributed by atoms with Crippen LogP contribution in [0.4, 0.5) is 4.39 Å². The predicted molar refractivity (Wildman–Crippen MR) is 74.5 cm³/mol. The Kier molecular flexibility index (Phi) is 4.95. The number of esters is 1. The first kappa shape index (κ1) is 15.9. The number of nitrogens with one attached hydrogen (secondary N) is 1. The molecule has 1 aliphatic carbocycles. The molecule has 5 nitrogen and oxygen atoms in total. The summed E-state index contributed by atoms with van der Waals surface area (Å²) >= 11 is 0. The topological polar surface area (TPSA) is 72.5 Å². The number of methoxy groups -OCH3 is 1. The molecule has 0 heterocycles. The van der Waals surface area contributed by atoms with Crippen LogP contribution in [0.5, 0.6) is 0 Å². The van der Waals surface area contributed by atoms with Gasteiger partial charge in [-0.05, 0) is 49.9 Å². The molecule has 0 bridgehead atoms. The van der Waals surface area contributed by atoms with Crippen molar-refractivity contribution in [1.82, 2.24) is 4.72 Å². The van der Waals surface area contributed by atoms with Gasteiger partial charge in [0, 0.05) is 6.04 Å². The van der Waals surface area contributed by atoms with Gasteiger partial charge in [0.25, 0.3) is 0 Å². The molecule has 7 heteroatoms. The van der Waals surface area contributed by atoms with E-state index < -0.39 is 15.8 Å². The highest BCUT2D eigenvalue weighted by molar-refractivity contribution is 7.89. The van der Waals surface area contributed by atoms with E-state index in [1.54, 1.807) is 0 Å². The van der Waals surface area contributed by atoms with E-state index in [1.807, 2.05) is 0 Å². The van der Waals surface area contributed by atoms with Crippen molar-refractivity contribution < 1.29 is 22.3 Å². The minimum absolute atomic E-state index is 0.0407. The van der Waals surface area contributed by atoms with E-state index in [4.69, 9.17) is 4.74 Å². The number of carbonyl (C=O) groups excluding carboxylic acids is 1. The highest BCUT2D eigenvalue weighted by atomic mass is 32.2. The molecule has 0 saturated heterocycles. The van der Waals surface area contributed by atoms with Crippen LogP contribution in [0.2, 0.25) is 0 Å². The standard InChI is InChI=1S/C14H18FNO4S/c1-20-14(17)10-2-6-12(7-3-10)16-21(18,19)13-8-4-11(15)5-9-13/h4-5,8-10,12,16H,2-3,6-7H2,1H3. The van der Waals surface area contributed by atoms with Crippen LogP contribution in [-0.2, 0) is 19.6 Å². The second-order valence-electron chi connectivity index (χ2n) is 5.15. The summed E-state index contributed by atoms with van der Waals surface area (Å²) in [7, 11) is -2.30. The Labute approximate surface area is 123 Å². The van der Waals surface area contributed by atoms with Gasteiger partial charge < -0.3 is 4.74 Å². The maximum atomic E-state index is 12.8. The van der Waals surface area contributed by atoms with E-state index in [0.29, 0.717) is 25.7 Å². The molecule has 1 fully saturated rings. The van der Waals surface area contributed by atoms with Gasteiger partial charge in [-0.15, -0.1) is 0 Å². The fourth-order valence-corrected chi connectivity index (χ4v) is 3.82. The molecular weight excluding hydrogens is 297 g/mol. The molecule has 0 aliphatic heterocycles. The lowest BCUT2D eigenvalue weighted by atomic mass is 9.86. The predicted octanol–water partition coefficient (Wildman–Crippen LogP) is 1.84. The smallest absolute Gasteiger partial charge is 0.308 e. The normalized spacial score (nSPS) is 22.8. The van der Waals surface area contributed by atoms with Gasteiger partial charge in [0.05, 0.1) is 17.9 Å².